The highest BCUT2D eigenvalue weighted by atomic mass is 16.5. The van der Waals surface area contributed by atoms with Crippen LogP contribution in [0.4, 0.5) is 0 Å². The highest BCUT2D eigenvalue weighted by Gasteiger charge is 2.37. The van der Waals surface area contributed by atoms with E-state index in [2.05, 4.69) is 4.74 Å². The molecule has 1 aromatic rings. The third kappa shape index (κ3) is 2.26. The molecule has 1 aromatic carbocycles. The minimum atomic E-state index is -0.621. The first kappa shape index (κ1) is 13.7. The van der Waals surface area contributed by atoms with Gasteiger partial charge in [-0.05, 0) is 18.9 Å². The smallest absolute Gasteiger partial charge is 0.341 e. The normalized spacial score (nSPS) is 17.4. The van der Waals surface area contributed by atoms with Crippen LogP contribution in [0.1, 0.15) is 41.6 Å². The van der Waals surface area contributed by atoms with Crippen LogP contribution < -0.4 is 5.73 Å². The molecule has 0 radical (unpaired) electrons. The van der Waals surface area contributed by atoms with Gasteiger partial charge in [0.1, 0.15) is 17.1 Å². The number of benzene rings is 1. The Morgan fingerprint density at radius 2 is 1.95 bits per heavy atom. The number of rotatable bonds is 3. The molecule has 0 unspecified atom stereocenters. The van der Waals surface area contributed by atoms with Crippen LogP contribution in [0.15, 0.2) is 12.1 Å². The third-order valence-electron chi connectivity index (χ3n) is 4.04. The number of phenolic OH excluding ortho intramolecular Hbond substituents is 2. The zero-order chi connectivity index (χ0) is 14.0. The van der Waals surface area contributed by atoms with Crippen molar-refractivity contribution in [1.29, 1.82) is 0 Å². The molecule has 0 saturated heterocycles. The van der Waals surface area contributed by atoms with Gasteiger partial charge < -0.3 is 20.7 Å². The van der Waals surface area contributed by atoms with Crippen LogP contribution in [-0.4, -0.2) is 29.8 Å². The predicted octanol–water partition coefficient (Wildman–Crippen LogP) is 1.65. The molecule has 1 aliphatic carbocycles. The van der Waals surface area contributed by atoms with Crippen LogP contribution in [0, 0.1) is 0 Å². The summed E-state index contributed by atoms with van der Waals surface area (Å²) in [5.74, 6) is -0.917. The number of aromatic hydroxyl groups is 2. The van der Waals surface area contributed by atoms with Gasteiger partial charge in [0.2, 0.25) is 0 Å². The third-order valence-corrected chi connectivity index (χ3v) is 4.04. The topological polar surface area (TPSA) is 92.8 Å². The molecule has 0 amide bonds. The minimum absolute atomic E-state index is 0.0162. The van der Waals surface area contributed by atoms with Gasteiger partial charge in [-0.2, -0.15) is 0 Å². The second-order valence-corrected chi connectivity index (χ2v) is 5.07. The number of hydrogen-bond donors (Lipinski definition) is 3. The van der Waals surface area contributed by atoms with Crippen molar-refractivity contribution >= 4 is 5.97 Å². The van der Waals surface area contributed by atoms with E-state index in [0.717, 1.165) is 25.7 Å². The molecule has 1 aliphatic rings. The molecular formula is C14H19NO4. The average molecular weight is 265 g/mol. The largest absolute Gasteiger partial charge is 0.508 e. The lowest BCUT2D eigenvalue weighted by Crippen LogP contribution is -2.32. The summed E-state index contributed by atoms with van der Waals surface area (Å²) in [4.78, 5) is 11.6. The van der Waals surface area contributed by atoms with Crippen LogP contribution in [0.2, 0.25) is 0 Å². The second-order valence-electron chi connectivity index (χ2n) is 5.07. The van der Waals surface area contributed by atoms with Gasteiger partial charge in [0.05, 0.1) is 7.11 Å². The van der Waals surface area contributed by atoms with Gasteiger partial charge in [-0.3, -0.25) is 0 Å². The molecule has 0 spiro atoms. The second kappa shape index (κ2) is 5.09. The Kier molecular flexibility index (Phi) is 3.66. The van der Waals surface area contributed by atoms with Crippen molar-refractivity contribution in [2.45, 2.75) is 31.1 Å². The summed E-state index contributed by atoms with van der Waals surface area (Å²) in [6.45, 7) is 0.409. The predicted molar refractivity (Wildman–Crippen MR) is 70.3 cm³/mol. The van der Waals surface area contributed by atoms with Crippen LogP contribution in [0.3, 0.4) is 0 Å². The first-order valence-electron chi connectivity index (χ1n) is 6.39. The molecule has 0 bridgehead atoms. The van der Waals surface area contributed by atoms with Crippen molar-refractivity contribution in [2.75, 3.05) is 13.7 Å². The van der Waals surface area contributed by atoms with Crippen molar-refractivity contribution in [3.8, 4) is 11.5 Å². The number of methoxy groups -OCH3 is 1. The number of esters is 1. The fourth-order valence-electron chi connectivity index (χ4n) is 2.91. The Hall–Kier alpha value is -1.75. The maximum Gasteiger partial charge on any atom is 0.341 e. The zero-order valence-electron chi connectivity index (χ0n) is 11.0. The van der Waals surface area contributed by atoms with Gasteiger partial charge in [-0.25, -0.2) is 4.79 Å². The molecule has 1 fully saturated rings. The zero-order valence-corrected chi connectivity index (χ0v) is 11.0. The Balaban J connectivity index is 2.53. The lowest BCUT2D eigenvalue weighted by atomic mass is 9.78. The van der Waals surface area contributed by atoms with Crippen LogP contribution in [0.5, 0.6) is 11.5 Å². The number of nitrogens with two attached hydrogens (primary N) is 1. The molecule has 5 nitrogen and oxygen atoms in total. The molecule has 0 atom stereocenters. The Bertz CT molecular complexity index is 492. The Morgan fingerprint density at radius 3 is 2.47 bits per heavy atom. The van der Waals surface area contributed by atoms with Gasteiger partial charge in [0, 0.05) is 23.6 Å². The maximum atomic E-state index is 11.6. The van der Waals surface area contributed by atoms with Gasteiger partial charge in [-0.15, -0.1) is 0 Å². The Morgan fingerprint density at radius 1 is 1.32 bits per heavy atom. The average Bonchev–Trinajstić information content (AvgIpc) is 2.88. The lowest BCUT2D eigenvalue weighted by molar-refractivity contribution is 0.0597. The Labute approximate surface area is 112 Å². The molecule has 19 heavy (non-hydrogen) atoms. The van der Waals surface area contributed by atoms with Gasteiger partial charge >= 0.3 is 5.97 Å². The van der Waals surface area contributed by atoms with Crippen LogP contribution >= 0.6 is 0 Å². The maximum absolute atomic E-state index is 11.6. The van der Waals surface area contributed by atoms with Gasteiger partial charge in [-0.1, -0.05) is 12.8 Å². The number of ether oxygens (including phenoxy) is 1. The molecule has 1 saturated carbocycles. The van der Waals surface area contributed by atoms with Crippen molar-refractivity contribution in [1.82, 2.24) is 0 Å². The quantitative estimate of drug-likeness (QED) is 0.723. The van der Waals surface area contributed by atoms with E-state index in [1.165, 1.54) is 19.2 Å². The summed E-state index contributed by atoms with van der Waals surface area (Å²) in [5, 5.41) is 19.8. The summed E-state index contributed by atoms with van der Waals surface area (Å²) < 4.78 is 4.63. The van der Waals surface area contributed by atoms with E-state index < -0.39 is 5.97 Å². The van der Waals surface area contributed by atoms with E-state index in [9.17, 15) is 15.0 Å². The minimum Gasteiger partial charge on any atom is -0.508 e. The monoisotopic (exact) mass is 265 g/mol. The van der Waals surface area contributed by atoms with Crippen molar-refractivity contribution < 1.29 is 19.7 Å². The molecule has 0 aromatic heterocycles. The fraction of sp³-hybridized carbons (Fsp3) is 0.500. The molecule has 0 aliphatic heterocycles. The van der Waals surface area contributed by atoms with E-state index >= 15 is 0 Å². The van der Waals surface area contributed by atoms with E-state index in [-0.39, 0.29) is 22.5 Å². The molecule has 104 valence electrons. The highest BCUT2D eigenvalue weighted by molar-refractivity contribution is 5.93. The van der Waals surface area contributed by atoms with E-state index in [4.69, 9.17) is 5.73 Å². The molecular weight excluding hydrogens is 246 g/mol. The summed E-state index contributed by atoms with van der Waals surface area (Å²) in [7, 11) is 1.25. The molecule has 2 rings (SSSR count). The van der Waals surface area contributed by atoms with Gasteiger partial charge in [0.25, 0.3) is 0 Å². The lowest BCUT2D eigenvalue weighted by Gasteiger charge is -2.29. The SMILES string of the molecule is COC(=O)c1cc(C2(CN)CCCC2)c(O)cc1O. The number of carbonyl (C=O) groups excluding carboxylic acids is 1. The summed E-state index contributed by atoms with van der Waals surface area (Å²) >= 11 is 0. The van der Waals surface area contributed by atoms with Crippen molar-refractivity contribution in [3.63, 3.8) is 0 Å². The van der Waals surface area contributed by atoms with Crippen LogP contribution in [0.25, 0.3) is 0 Å². The summed E-state index contributed by atoms with van der Waals surface area (Å²) in [6.07, 6.45) is 3.85. The highest BCUT2D eigenvalue weighted by Crippen LogP contribution is 2.45. The standard InChI is InChI=1S/C14H19NO4/c1-19-13(18)9-6-10(12(17)7-11(9)16)14(8-15)4-2-3-5-14/h6-7,16-17H,2-5,8,15H2,1H3. The number of phenols is 2. The van der Waals surface area contributed by atoms with Crippen molar-refractivity contribution in [3.05, 3.63) is 23.3 Å². The van der Waals surface area contributed by atoms with Gasteiger partial charge in [0.15, 0.2) is 0 Å². The number of carbonyl (C=O) groups is 1. The van der Waals surface area contributed by atoms with E-state index in [1.807, 2.05) is 0 Å². The van der Waals surface area contributed by atoms with E-state index in [0.29, 0.717) is 12.1 Å². The summed E-state index contributed by atoms with van der Waals surface area (Å²) in [6, 6.07) is 2.70. The number of hydrogen-bond acceptors (Lipinski definition) is 5. The first-order valence-corrected chi connectivity index (χ1v) is 6.39. The first-order chi connectivity index (χ1) is 9.04. The summed E-state index contributed by atoms with van der Waals surface area (Å²) in [5.41, 5.74) is 6.27. The molecule has 4 N–H and O–H groups in total. The van der Waals surface area contributed by atoms with Crippen molar-refractivity contribution in [2.24, 2.45) is 5.73 Å². The molecule has 5 heteroatoms. The van der Waals surface area contributed by atoms with Crippen LogP contribution in [-0.2, 0) is 10.2 Å². The fourth-order valence-corrected chi connectivity index (χ4v) is 2.91. The van der Waals surface area contributed by atoms with E-state index in [1.54, 1.807) is 0 Å². The molecule has 0 heterocycles.